The van der Waals surface area contributed by atoms with Gasteiger partial charge in [-0.3, -0.25) is 0 Å². The monoisotopic (exact) mass is 255 g/mol. The zero-order chi connectivity index (χ0) is 13.1. The first kappa shape index (κ1) is 12.6. The van der Waals surface area contributed by atoms with E-state index in [1.54, 1.807) is 0 Å². The maximum absolute atomic E-state index is 13.2. The van der Waals surface area contributed by atoms with Crippen molar-refractivity contribution in [3.8, 4) is 5.75 Å². The standard InChI is InChI=1S/C12H14FNO4/c1-17-12(16)14-9-4-5-18-10-3-2-7(13)6-8(10)11(9)15/h2-3,6,9,11,15H,4-5H2,1H3,(H,14,16). The van der Waals surface area contributed by atoms with Crippen LogP contribution < -0.4 is 10.1 Å². The van der Waals surface area contributed by atoms with E-state index in [0.29, 0.717) is 24.3 Å². The minimum absolute atomic E-state index is 0.324. The molecule has 0 saturated heterocycles. The molecule has 0 saturated carbocycles. The number of aliphatic hydroxyl groups is 1. The number of fused-ring (bicyclic) bond motifs is 1. The Morgan fingerprint density at radius 1 is 1.61 bits per heavy atom. The van der Waals surface area contributed by atoms with Crippen LogP contribution in [0.1, 0.15) is 18.1 Å². The molecule has 2 atom stereocenters. The van der Waals surface area contributed by atoms with Crippen molar-refractivity contribution in [1.29, 1.82) is 0 Å². The lowest BCUT2D eigenvalue weighted by molar-refractivity contribution is 0.111. The Hall–Kier alpha value is -1.82. The molecule has 0 radical (unpaired) electrons. The van der Waals surface area contributed by atoms with E-state index in [4.69, 9.17) is 4.74 Å². The number of aliphatic hydroxyl groups excluding tert-OH is 1. The average molecular weight is 255 g/mol. The fourth-order valence-electron chi connectivity index (χ4n) is 1.91. The maximum Gasteiger partial charge on any atom is 0.407 e. The summed E-state index contributed by atoms with van der Waals surface area (Å²) in [6.45, 7) is 0.324. The zero-order valence-corrected chi connectivity index (χ0v) is 9.85. The topological polar surface area (TPSA) is 67.8 Å². The van der Waals surface area contributed by atoms with Gasteiger partial charge in [0.2, 0.25) is 0 Å². The van der Waals surface area contributed by atoms with Gasteiger partial charge in [-0.2, -0.15) is 0 Å². The molecule has 1 aromatic rings. The van der Waals surface area contributed by atoms with Gasteiger partial charge in [-0.05, 0) is 18.2 Å². The SMILES string of the molecule is COC(=O)NC1CCOc2ccc(F)cc2C1O. The Morgan fingerprint density at radius 3 is 3.11 bits per heavy atom. The molecule has 0 aliphatic carbocycles. The Balaban J connectivity index is 2.25. The zero-order valence-electron chi connectivity index (χ0n) is 9.85. The predicted octanol–water partition coefficient (Wildman–Crippen LogP) is 1.37. The second kappa shape index (κ2) is 5.22. The Labute approximate surface area is 104 Å². The van der Waals surface area contributed by atoms with Crippen LogP contribution in [0.25, 0.3) is 0 Å². The lowest BCUT2D eigenvalue weighted by atomic mass is 10.0. The van der Waals surface area contributed by atoms with Crippen LogP contribution >= 0.6 is 0 Å². The molecule has 0 spiro atoms. The molecule has 0 aromatic heterocycles. The molecule has 2 N–H and O–H groups in total. The number of rotatable bonds is 1. The summed E-state index contributed by atoms with van der Waals surface area (Å²) in [6.07, 6.45) is -1.26. The van der Waals surface area contributed by atoms with Crippen molar-refractivity contribution < 1.29 is 23.8 Å². The molecule has 1 aliphatic heterocycles. The smallest absolute Gasteiger partial charge is 0.407 e. The lowest BCUT2D eigenvalue weighted by Gasteiger charge is -2.21. The van der Waals surface area contributed by atoms with Gasteiger partial charge in [0, 0.05) is 12.0 Å². The van der Waals surface area contributed by atoms with E-state index >= 15 is 0 Å². The van der Waals surface area contributed by atoms with Crippen LogP contribution in [-0.2, 0) is 4.74 Å². The average Bonchev–Trinajstić information content (AvgIpc) is 2.51. The minimum Gasteiger partial charge on any atom is -0.493 e. The van der Waals surface area contributed by atoms with Gasteiger partial charge in [-0.15, -0.1) is 0 Å². The molecule has 1 aromatic carbocycles. The molecule has 2 rings (SSSR count). The highest BCUT2D eigenvalue weighted by Gasteiger charge is 2.28. The molecular formula is C12H14FNO4. The molecule has 1 amide bonds. The normalized spacial score (nSPS) is 22.4. The maximum atomic E-state index is 13.2. The van der Waals surface area contributed by atoms with Crippen LogP contribution in [0.4, 0.5) is 9.18 Å². The largest absolute Gasteiger partial charge is 0.493 e. The molecule has 0 fully saturated rings. The van der Waals surface area contributed by atoms with Crippen LogP contribution in [0, 0.1) is 5.82 Å². The fourth-order valence-corrected chi connectivity index (χ4v) is 1.91. The summed E-state index contributed by atoms with van der Waals surface area (Å²) in [5, 5.41) is 12.7. The van der Waals surface area contributed by atoms with Crippen molar-refractivity contribution in [2.24, 2.45) is 0 Å². The Bertz CT molecular complexity index is 452. The van der Waals surface area contributed by atoms with Gasteiger partial charge in [-0.25, -0.2) is 9.18 Å². The number of carbonyl (C=O) groups excluding carboxylic acids is 1. The second-order valence-corrected chi connectivity index (χ2v) is 4.01. The number of hydrogen-bond donors (Lipinski definition) is 2. The van der Waals surface area contributed by atoms with E-state index in [9.17, 15) is 14.3 Å². The fraction of sp³-hybridized carbons (Fsp3) is 0.417. The van der Waals surface area contributed by atoms with Gasteiger partial charge in [0.1, 0.15) is 17.7 Å². The van der Waals surface area contributed by atoms with Crippen molar-refractivity contribution in [1.82, 2.24) is 5.32 Å². The van der Waals surface area contributed by atoms with Crippen LogP contribution in [0.5, 0.6) is 5.75 Å². The first-order chi connectivity index (χ1) is 8.61. The number of carbonyl (C=O) groups is 1. The quantitative estimate of drug-likeness (QED) is 0.795. The van der Waals surface area contributed by atoms with Crippen molar-refractivity contribution in [2.75, 3.05) is 13.7 Å². The Kier molecular flexibility index (Phi) is 3.66. The van der Waals surface area contributed by atoms with Crippen molar-refractivity contribution >= 4 is 6.09 Å². The molecule has 1 aliphatic rings. The van der Waals surface area contributed by atoms with Crippen molar-refractivity contribution in [2.45, 2.75) is 18.6 Å². The molecule has 18 heavy (non-hydrogen) atoms. The summed E-state index contributed by atoms with van der Waals surface area (Å²) in [6, 6.07) is 3.37. The number of hydrogen-bond acceptors (Lipinski definition) is 4. The van der Waals surface area contributed by atoms with E-state index in [1.807, 2.05) is 0 Å². The summed E-state index contributed by atoms with van der Waals surface area (Å²) < 4.78 is 23.1. The van der Waals surface area contributed by atoms with E-state index < -0.39 is 24.1 Å². The highest BCUT2D eigenvalue weighted by Crippen LogP contribution is 2.32. The predicted molar refractivity (Wildman–Crippen MR) is 60.8 cm³/mol. The number of amides is 1. The third-order valence-electron chi connectivity index (χ3n) is 2.85. The van der Waals surface area contributed by atoms with Crippen LogP contribution in [0.3, 0.4) is 0 Å². The number of halogens is 1. The summed E-state index contributed by atoms with van der Waals surface area (Å²) in [7, 11) is 1.24. The van der Waals surface area contributed by atoms with Crippen LogP contribution in [-0.4, -0.2) is 31.0 Å². The van der Waals surface area contributed by atoms with Gasteiger partial charge in [0.05, 0.1) is 19.8 Å². The highest BCUT2D eigenvalue weighted by molar-refractivity contribution is 5.67. The van der Waals surface area contributed by atoms with Gasteiger partial charge in [0.25, 0.3) is 0 Å². The molecular weight excluding hydrogens is 241 g/mol. The number of alkyl carbamates (subject to hydrolysis) is 1. The molecule has 2 unspecified atom stereocenters. The van der Waals surface area contributed by atoms with E-state index in [2.05, 4.69) is 10.1 Å². The highest BCUT2D eigenvalue weighted by atomic mass is 19.1. The van der Waals surface area contributed by atoms with E-state index in [-0.39, 0.29) is 0 Å². The summed E-state index contributed by atoms with van der Waals surface area (Å²) in [4.78, 5) is 11.2. The molecule has 5 nitrogen and oxygen atoms in total. The van der Waals surface area contributed by atoms with Crippen molar-refractivity contribution in [3.05, 3.63) is 29.6 Å². The number of nitrogens with one attached hydrogen (secondary N) is 1. The second-order valence-electron chi connectivity index (χ2n) is 4.01. The first-order valence-electron chi connectivity index (χ1n) is 5.56. The van der Waals surface area contributed by atoms with Crippen molar-refractivity contribution in [3.63, 3.8) is 0 Å². The third kappa shape index (κ3) is 2.53. The number of methoxy groups -OCH3 is 1. The first-order valence-corrected chi connectivity index (χ1v) is 5.56. The van der Waals surface area contributed by atoms with E-state index in [1.165, 1.54) is 25.3 Å². The van der Waals surface area contributed by atoms with Gasteiger partial charge in [-0.1, -0.05) is 0 Å². The molecule has 6 heteroatoms. The molecule has 1 heterocycles. The minimum atomic E-state index is -1.03. The summed E-state index contributed by atoms with van der Waals surface area (Å²) in [5.41, 5.74) is 0.328. The van der Waals surface area contributed by atoms with E-state index in [0.717, 1.165) is 0 Å². The van der Waals surface area contributed by atoms with Gasteiger partial charge in [0.15, 0.2) is 0 Å². The number of benzene rings is 1. The van der Waals surface area contributed by atoms with Gasteiger partial charge < -0.3 is 19.9 Å². The lowest BCUT2D eigenvalue weighted by Crippen LogP contribution is -2.39. The van der Waals surface area contributed by atoms with Crippen LogP contribution in [0.2, 0.25) is 0 Å². The summed E-state index contributed by atoms with van der Waals surface area (Å²) in [5.74, 6) is -0.0341. The molecule has 0 bridgehead atoms. The molecule has 98 valence electrons. The van der Waals surface area contributed by atoms with Crippen LogP contribution in [0.15, 0.2) is 18.2 Å². The summed E-state index contributed by atoms with van der Waals surface area (Å²) >= 11 is 0. The van der Waals surface area contributed by atoms with Gasteiger partial charge >= 0.3 is 6.09 Å². The number of ether oxygens (including phenoxy) is 2. The Morgan fingerprint density at radius 2 is 2.39 bits per heavy atom. The third-order valence-corrected chi connectivity index (χ3v) is 2.85.